The molecule has 5 aliphatic heterocycles. The Morgan fingerprint density at radius 1 is 1.01 bits per heavy atom. The number of amides is 2. The van der Waals surface area contributed by atoms with Gasteiger partial charge >= 0.3 is 6.01 Å². The molecular formula is C54H58F2N10O4. The molecule has 3 aromatic carbocycles. The Kier molecular flexibility index (Phi) is 11.1. The lowest BCUT2D eigenvalue weighted by Crippen LogP contribution is -2.67. The number of ether oxygens (including phenoxy) is 1. The molecule has 362 valence electrons. The van der Waals surface area contributed by atoms with Crippen LogP contribution < -0.4 is 25.6 Å². The number of nitrogens with zero attached hydrogens (tertiary/aromatic N) is 6. The number of hydrogen-bond acceptors (Lipinski definition) is 13. The second-order valence-electron chi connectivity index (χ2n) is 21.5. The summed E-state index contributed by atoms with van der Waals surface area (Å²) in [4.78, 5) is 45.9. The van der Waals surface area contributed by atoms with Crippen molar-refractivity contribution in [2.75, 3.05) is 69.7 Å². The van der Waals surface area contributed by atoms with Gasteiger partial charge < -0.3 is 40.6 Å². The summed E-state index contributed by atoms with van der Waals surface area (Å²) in [7, 11) is 1.85. The van der Waals surface area contributed by atoms with E-state index in [1.54, 1.807) is 6.20 Å². The highest BCUT2D eigenvalue weighted by molar-refractivity contribution is 6.17. The van der Waals surface area contributed by atoms with Crippen LogP contribution in [0.4, 0.5) is 20.3 Å². The number of benzene rings is 3. The van der Waals surface area contributed by atoms with Crippen LogP contribution in [0.5, 0.6) is 11.8 Å². The van der Waals surface area contributed by atoms with E-state index in [4.69, 9.17) is 26.5 Å². The number of anilines is 2. The Hall–Kier alpha value is -6.28. The van der Waals surface area contributed by atoms with Gasteiger partial charge in [0.25, 0.3) is 0 Å². The molecule has 7 aliphatic rings. The van der Waals surface area contributed by atoms with Crippen molar-refractivity contribution in [3.05, 3.63) is 77.0 Å². The van der Waals surface area contributed by atoms with Crippen molar-refractivity contribution < 1.29 is 28.2 Å². The zero-order chi connectivity index (χ0) is 48.1. The maximum absolute atomic E-state index is 17.1. The Balaban J connectivity index is 0.690. The van der Waals surface area contributed by atoms with E-state index in [1.165, 1.54) is 42.7 Å². The standard InChI is InChI=1S/C54H58F2N10O4/c1-3-37-42(55)10-5-32-18-36(67)20-40(45(32)37)48-46(56)49-41(23-59-48)50(66-24-33-6-7-34(25-66)60-33)63-52(62-49)70-29-53(14-15-53)26-64-27-54(28-64)21-35(22-54)65-16-12-30(13-17-65)31-4-8-38(43(19-31)58-2)47(57)39-9-11-44(68)61-51(39)69/h1,4-5,8,10,18-20,23,30,33-35,39,57-58,60,67H,6-7,9,11-17,21-22,24-29H2,2H3,(H,61,68,69). The average molecular weight is 949 g/mol. The van der Waals surface area contributed by atoms with Gasteiger partial charge in [-0.2, -0.15) is 9.97 Å². The van der Waals surface area contributed by atoms with Gasteiger partial charge in [0.2, 0.25) is 11.8 Å². The van der Waals surface area contributed by atoms with Gasteiger partial charge in [-0.3, -0.25) is 19.9 Å². The van der Waals surface area contributed by atoms with E-state index in [0.29, 0.717) is 77.7 Å². The van der Waals surface area contributed by atoms with Crippen molar-refractivity contribution in [2.45, 2.75) is 88.3 Å². The zero-order valence-electron chi connectivity index (χ0n) is 39.4. The van der Waals surface area contributed by atoms with E-state index in [1.807, 2.05) is 13.1 Å². The number of likely N-dealkylation sites (tertiary alicyclic amines) is 2. The fraction of sp³-hybridized carbons (Fsp3) is 0.481. The summed E-state index contributed by atoms with van der Waals surface area (Å²) in [6, 6.07) is 13.1. The smallest absolute Gasteiger partial charge is 0.319 e. The minimum atomic E-state index is -0.723. The molecule has 3 unspecified atom stereocenters. The molecule has 2 aromatic heterocycles. The number of piperidine rings is 2. The maximum atomic E-state index is 17.1. The molecule has 2 bridgehead atoms. The molecule has 7 heterocycles. The summed E-state index contributed by atoms with van der Waals surface area (Å²) >= 11 is 0. The van der Waals surface area contributed by atoms with E-state index >= 15 is 8.78 Å². The molecule has 70 heavy (non-hydrogen) atoms. The number of terminal acetylenes is 1. The third-order valence-corrected chi connectivity index (χ3v) is 16.8. The number of piperazine rings is 1. The number of carbonyl (C=O) groups is 2. The monoisotopic (exact) mass is 948 g/mol. The molecule has 2 saturated carbocycles. The first-order valence-electron chi connectivity index (χ1n) is 25.0. The highest BCUT2D eigenvalue weighted by atomic mass is 19.1. The second kappa shape index (κ2) is 17.2. The van der Waals surface area contributed by atoms with Crippen LogP contribution in [0.1, 0.15) is 86.8 Å². The van der Waals surface area contributed by atoms with Crippen LogP contribution in [0.3, 0.4) is 0 Å². The average Bonchev–Trinajstić information content (AvgIpc) is 4.03. The quantitative estimate of drug-likeness (QED) is 0.0509. The van der Waals surface area contributed by atoms with Crippen LogP contribution in [0, 0.1) is 46.1 Å². The van der Waals surface area contributed by atoms with E-state index in [9.17, 15) is 14.7 Å². The molecule has 3 atom stereocenters. The number of fused-ring (bicyclic) bond motifs is 4. The highest BCUT2D eigenvalue weighted by Gasteiger charge is 2.56. The molecule has 5 N–H and O–H groups in total. The topological polar surface area (TPSA) is 172 Å². The van der Waals surface area contributed by atoms with Gasteiger partial charge in [-0.15, -0.1) is 6.42 Å². The molecule has 2 aliphatic carbocycles. The van der Waals surface area contributed by atoms with Gasteiger partial charge in [-0.05, 0) is 117 Å². The zero-order valence-corrected chi connectivity index (χ0v) is 39.4. The van der Waals surface area contributed by atoms with Crippen molar-refractivity contribution >= 4 is 50.7 Å². The van der Waals surface area contributed by atoms with Gasteiger partial charge in [0, 0.05) is 98.1 Å². The minimum Gasteiger partial charge on any atom is -0.508 e. The van der Waals surface area contributed by atoms with Gasteiger partial charge in [-0.25, -0.2) is 8.78 Å². The first kappa shape index (κ1) is 44.9. The Morgan fingerprint density at radius 2 is 1.79 bits per heavy atom. The molecule has 12 rings (SSSR count). The molecule has 7 fully saturated rings. The fourth-order valence-corrected chi connectivity index (χ4v) is 12.9. The second-order valence-corrected chi connectivity index (χ2v) is 21.5. The number of nitrogens with one attached hydrogen (secondary N) is 4. The predicted octanol–water partition coefficient (Wildman–Crippen LogP) is 6.72. The Labute approximate surface area is 405 Å². The number of carbonyl (C=O) groups excluding carboxylic acids is 2. The van der Waals surface area contributed by atoms with Crippen LogP contribution in [-0.2, 0) is 9.59 Å². The van der Waals surface area contributed by atoms with E-state index in [0.717, 1.165) is 76.9 Å². The van der Waals surface area contributed by atoms with Crippen LogP contribution in [-0.4, -0.2) is 125 Å². The van der Waals surface area contributed by atoms with E-state index in [2.05, 4.69) is 53.7 Å². The normalized spacial score (nSPS) is 24.3. The summed E-state index contributed by atoms with van der Waals surface area (Å²) in [6.07, 6.45) is 16.8. The van der Waals surface area contributed by atoms with Crippen LogP contribution in [0.25, 0.3) is 32.9 Å². The largest absolute Gasteiger partial charge is 0.508 e. The lowest BCUT2D eigenvalue weighted by molar-refractivity contribution is -0.134. The van der Waals surface area contributed by atoms with Crippen molar-refractivity contribution in [3.8, 4) is 35.4 Å². The summed E-state index contributed by atoms with van der Waals surface area (Å²) in [5.41, 5.74) is 3.52. The third kappa shape index (κ3) is 7.99. The Bertz CT molecular complexity index is 3010. The van der Waals surface area contributed by atoms with E-state index < -0.39 is 17.6 Å². The van der Waals surface area contributed by atoms with Crippen molar-refractivity contribution in [1.82, 2.24) is 35.4 Å². The van der Waals surface area contributed by atoms with Gasteiger partial charge in [0.15, 0.2) is 5.82 Å². The first-order chi connectivity index (χ1) is 33.9. The molecule has 16 heteroatoms. The number of phenols is 1. The maximum Gasteiger partial charge on any atom is 0.319 e. The Morgan fingerprint density at radius 3 is 2.50 bits per heavy atom. The van der Waals surface area contributed by atoms with Gasteiger partial charge in [0.05, 0.1) is 29.2 Å². The molecule has 5 aromatic rings. The fourth-order valence-electron chi connectivity index (χ4n) is 12.9. The number of aromatic nitrogens is 3. The number of imide groups is 1. The molecule has 5 saturated heterocycles. The van der Waals surface area contributed by atoms with Crippen molar-refractivity contribution in [2.24, 2.45) is 16.7 Å². The number of pyridine rings is 1. The van der Waals surface area contributed by atoms with Crippen molar-refractivity contribution in [3.63, 3.8) is 0 Å². The summed E-state index contributed by atoms with van der Waals surface area (Å²) in [6.45, 7) is 7.09. The SMILES string of the molecule is C#Cc1c(F)ccc2cc(O)cc(-c3ncc4c(N5CC6CCC(C5)N6)nc(OCC5(CN6CC7(CC(N8CCC(c9ccc(C(=N)C%10CCC(=O)NC%10=O)c(NC)c9)CC8)C7)C6)CC5)nc4c3F)c12. The number of rotatable bonds is 12. The number of hydrogen-bond donors (Lipinski definition) is 5. The first-order valence-corrected chi connectivity index (χ1v) is 25.0. The van der Waals surface area contributed by atoms with Crippen LogP contribution in [0.2, 0.25) is 0 Å². The molecule has 1 spiro atoms. The molecular weight excluding hydrogens is 891 g/mol. The molecule has 0 radical (unpaired) electrons. The predicted molar refractivity (Wildman–Crippen MR) is 263 cm³/mol. The third-order valence-electron chi connectivity index (χ3n) is 16.8. The highest BCUT2D eigenvalue weighted by Crippen LogP contribution is 2.54. The van der Waals surface area contributed by atoms with Gasteiger partial charge in [0.1, 0.15) is 28.6 Å². The minimum absolute atomic E-state index is 0.0199. The summed E-state index contributed by atoms with van der Waals surface area (Å²) in [5, 5.41) is 30.0. The van der Waals surface area contributed by atoms with Gasteiger partial charge in [-0.1, -0.05) is 24.1 Å². The summed E-state index contributed by atoms with van der Waals surface area (Å²) < 4.78 is 38.7. The van der Waals surface area contributed by atoms with Crippen LogP contribution >= 0.6 is 0 Å². The lowest BCUT2D eigenvalue weighted by atomic mass is 9.59. The number of halogens is 2. The summed E-state index contributed by atoms with van der Waals surface area (Å²) in [5.74, 6) is 0.675. The van der Waals surface area contributed by atoms with Crippen LogP contribution in [0.15, 0.2) is 48.7 Å². The molecule has 2 amide bonds. The number of phenolic OH excluding ortho intramolecular Hbond substituents is 1. The lowest BCUT2D eigenvalue weighted by Gasteiger charge is -2.62. The van der Waals surface area contributed by atoms with Crippen molar-refractivity contribution in [1.29, 1.82) is 5.41 Å². The molecule has 14 nitrogen and oxygen atoms in total. The number of aromatic hydroxyl groups is 1. The van der Waals surface area contributed by atoms with E-state index in [-0.39, 0.29) is 68.8 Å².